The van der Waals surface area contributed by atoms with Gasteiger partial charge in [-0.25, -0.2) is 0 Å². The van der Waals surface area contributed by atoms with E-state index in [2.05, 4.69) is 90.4 Å². The second-order valence-electron chi connectivity index (χ2n) is 35.5. The number of carbonyl (C=O) groups is 20. The molecule has 0 aromatic heterocycles. The summed E-state index contributed by atoms with van der Waals surface area (Å²) < 4.78 is 0. The molecular formula is C77H134N20O21. The third-order valence-corrected chi connectivity index (χ3v) is 19.1. The fourth-order valence-corrected chi connectivity index (χ4v) is 11.5. The Morgan fingerprint density at radius 1 is 0.373 bits per heavy atom. The van der Waals surface area contributed by atoms with Crippen molar-refractivity contribution in [2.75, 3.05) is 19.7 Å². The Hall–Kier alpha value is -10.6. The molecule has 1 fully saturated rings. The van der Waals surface area contributed by atoms with Gasteiger partial charge < -0.3 is 112 Å². The standard InChI is InChI=1S/C77H134N20O21/c1-38(2)34-47(59(108)94-76(23,24)68(117)96-74(19,20)66(115)87-46(30-32-52(79)101)58(107)85-49(37-98)40(5)6)84-61(110)50-28-27-33-97(50)69(118)77(25,26)92-56(105)42(8)81-54(103)41(7)83-63(112)73(17,18)95-67(116)75(21,22)91-55(104)43(9)82-57(106)45(29-31-51(78)100)86-65(114)72(15,16)93-60(109)48(35-39(3)4)88-64(113)71(13,14)90-53(102)36-80-62(111)70(11,12)89-44(10)99/h38-43,45-50,98H,27-37H2,1-26H3,(H2,78,100)(H2,79,101)(H,80,111)(H,81,103)(H,82,106)(H,83,112)(H,84,110)(H,85,107)(H,86,114)(H,87,115)(H,88,113)(H,89,99)(H,90,102)(H,91,104)(H,92,105)(H,93,109)(H,94,108)(H,95,116)(H,96,117). The number of amides is 20. The predicted molar refractivity (Wildman–Crippen MR) is 431 cm³/mol. The molecule has 22 N–H and O–H groups in total. The Balaban J connectivity index is 3.11. The number of aliphatic hydroxyl groups is 1. The lowest BCUT2D eigenvalue weighted by molar-refractivity contribution is -0.145. The molecule has 0 aliphatic carbocycles. The van der Waals surface area contributed by atoms with E-state index in [1.807, 2.05) is 0 Å². The highest BCUT2D eigenvalue weighted by atomic mass is 16.3. The summed E-state index contributed by atoms with van der Waals surface area (Å²) in [6.45, 7) is 36.1. The van der Waals surface area contributed by atoms with Gasteiger partial charge in [-0.05, 0) is 188 Å². The summed E-state index contributed by atoms with van der Waals surface area (Å²) in [7, 11) is 0. The van der Waals surface area contributed by atoms with E-state index in [0.717, 1.165) is 0 Å². The minimum atomic E-state index is -1.85. The average Bonchev–Trinajstić information content (AvgIpc) is 0.909. The monoisotopic (exact) mass is 1680 g/mol. The largest absolute Gasteiger partial charge is 0.394 e. The van der Waals surface area contributed by atoms with Gasteiger partial charge in [-0.15, -0.1) is 0 Å². The Kier molecular flexibility index (Phi) is 39.0. The molecule has 1 aliphatic rings. The second-order valence-corrected chi connectivity index (χ2v) is 35.5. The van der Waals surface area contributed by atoms with Crippen LogP contribution in [0.15, 0.2) is 0 Å². The van der Waals surface area contributed by atoms with Crippen LogP contribution in [0.5, 0.6) is 0 Å². The van der Waals surface area contributed by atoms with Gasteiger partial charge in [-0.1, -0.05) is 41.5 Å². The van der Waals surface area contributed by atoms with E-state index in [-0.39, 0.29) is 56.4 Å². The molecule has 668 valence electrons. The van der Waals surface area contributed by atoms with Crippen LogP contribution in [0.4, 0.5) is 0 Å². The van der Waals surface area contributed by atoms with Crippen LogP contribution in [0.3, 0.4) is 0 Å². The lowest BCUT2D eigenvalue weighted by atomic mass is 9.96. The van der Waals surface area contributed by atoms with Crippen LogP contribution < -0.4 is 102 Å². The fourth-order valence-electron chi connectivity index (χ4n) is 11.5. The minimum absolute atomic E-state index is 0.0322. The van der Waals surface area contributed by atoms with E-state index in [9.17, 15) is 101 Å². The smallest absolute Gasteiger partial charge is 0.248 e. The van der Waals surface area contributed by atoms with Crippen LogP contribution in [-0.4, -0.2) is 247 Å². The number of likely N-dealkylation sites (tertiary alicyclic amines) is 1. The number of hydrogen-bond donors (Lipinski definition) is 20. The molecule has 0 aromatic rings. The number of aliphatic hydroxyl groups excluding tert-OH is 1. The van der Waals surface area contributed by atoms with Gasteiger partial charge in [0.15, 0.2) is 0 Å². The highest BCUT2D eigenvalue weighted by molar-refractivity contribution is 6.04. The molecule has 41 nitrogen and oxygen atoms in total. The average molecular weight is 1680 g/mol. The van der Waals surface area contributed by atoms with Crippen LogP contribution in [-0.2, 0) is 95.9 Å². The van der Waals surface area contributed by atoms with E-state index in [1.165, 1.54) is 143 Å². The molecule has 20 amide bonds. The van der Waals surface area contributed by atoms with Gasteiger partial charge >= 0.3 is 0 Å². The molecule has 1 rings (SSSR count). The van der Waals surface area contributed by atoms with Crippen molar-refractivity contribution in [3.05, 3.63) is 0 Å². The number of carbonyl (C=O) groups excluding carboxylic acids is 20. The van der Waals surface area contributed by atoms with Crippen molar-refractivity contribution in [3.8, 4) is 0 Å². The minimum Gasteiger partial charge on any atom is -0.394 e. The molecule has 118 heavy (non-hydrogen) atoms. The van der Waals surface area contributed by atoms with Crippen LogP contribution in [0, 0.1) is 17.8 Å². The second kappa shape index (κ2) is 43.7. The van der Waals surface area contributed by atoms with Crippen molar-refractivity contribution in [2.24, 2.45) is 29.2 Å². The number of nitrogens with two attached hydrogens (primary N) is 2. The lowest BCUT2D eigenvalue weighted by Crippen LogP contribution is -2.66. The van der Waals surface area contributed by atoms with E-state index >= 15 is 0 Å². The van der Waals surface area contributed by atoms with Crippen molar-refractivity contribution < 1.29 is 101 Å². The SMILES string of the molecule is CC(=O)NC(C)(C)C(=O)NCC(=O)NC(C)(C)C(=O)NC(CC(C)C)C(=O)NC(C)(C)C(=O)NC(CCC(N)=O)C(=O)NC(C)C(=O)NC(C)(C)C(=O)NC(C)(C)C(=O)NC(C)C(=O)NC(C)C(=O)NC(C)(C)C(=O)N1CCCC1C(=O)NC(CC(C)C)C(=O)NC(C)(C)C(=O)NC(C)(C)C(=O)NC(CCC(N)=O)C(=O)NC(CO)C(C)C. The normalized spacial score (nSPS) is 15.5. The summed E-state index contributed by atoms with van der Waals surface area (Å²) in [5, 5.41) is 52.8. The van der Waals surface area contributed by atoms with E-state index < -0.39 is 243 Å². The molecule has 1 aliphatic heterocycles. The Bertz CT molecular complexity index is 3730. The molecule has 0 saturated carbocycles. The summed E-state index contributed by atoms with van der Waals surface area (Å²) in [6.07, 6.45) is -0.738. The molecule has 1 saturated heterocycles. The quantitative estimate of drug-likeness (QED) is 0.0273. The topological polar surface area (TPSA) is 621 Å². The predicted octanol–water partition coefficient (Wildman–Crippen LogP) is -4.52. The maximum atomic E-state index is 14.3. The number of nitrogens with zero attached hydrogens (tertiary/aromatic N) is 1. The molecule has 0 radical (unpaired) electrons. The highest BCUT2D eigenvalue weighted by Crippen LogP contribution is 2.24. The maximum Gasteiger partial charge on any atom is 0.248 e. The maximum absolute atomic E-state index is 14.3. The Morgan fingerprint density at radius 3 is 1.11 bits per heavy atom. The number of nitrogens with one attached hydrogen (secondary N) is 17. The molecule has 0 spiro atoms. The third-order valence-electron chi connectivity index (χ3n) is 19.1. The molecular weight excluding hydrogens is 1540 g/mol. The summed E-state index contributed by atoms with van der Waals surface area (Å²) >= 11 is 0. The number of primary amides is 2. The van der Waals surface area contributed by atoms with Crippen molar-refractivity contribution in [3.63, 3.8) is 0 Å². The first-order valence-corrected chi connectivity index (χ1v) is 39.4. The highest BCUT2D eigenvalue weighted by Gasteiger charge is 2.47. The Labute approximate surface area is 690 Å². The van der Waals surface area contributed by atoms with Crippen LogP contribution in [0.2, 0.25) is 0 Å². The van der Waals surface area contributed by atoms with Crippen LogP contribution in [0.1, 0.15) is 231 Å². The van der Waals surface area contributed by atoms with Crippen LogP contribution >= 0.6 is 0 Å². The molecule has 41 heteroatoms. The van der Waals surface area contributed by atoms with Gasteiger partial charge in [0, 0.05) is 26.3 Å². The summed E-state index contributed by atoms with van der Waals surface area (Å²) in [5.41, 5.74) is -2.99. The molecule has 9 unspecified atom stereocenters. The van der Waals surface area contributed by atoms with E-state index in [4.69, 9.17) is 11.5 Å². The summed E-state index contributed by atoms with van der Waals surface area (Å²) in [6, 6.07) is -11.4. The number of hydrogen-bond acceptors (Lipinski definition) is 21. The van der Waals surface area contributed by atoms with E-state index in [0.29, 0.717) is 6.42 Å². The van der Waals surface area contributed by atoms with Crippen LogP contribution in [0.25, 0.3) is 0 Å². The summed E-state index contributed by atoms with van der Waals surface area (Å²) in [5.74, 6) is -17.0. The summed E-state index contributed by atoms with van der Waals surface area (Å²) in [4.78, 5) is 270. The molecule has 0 aromatic carbocycles. The van der Waals surface area contributed by atoms with Gasteiger partial charge in [0.2, 0.25) is 118 Å². The first-order chi connectivity index (χ1) is 53.6. The van der Waals surface area contributed by atoms with Gasteiger partial charge in [-0.3, -0.25) is 95.9 Å². The van der Waals surface area contributed by atoms with Gasteiger partial charge in [0.05, 0.1) is 19.2 Å². The molecule has 0 bridgehead atoms. The van der Waals surface area contributed by atoms with Crippen molar-refractivity contribution in [2.45, 2.75) is 330 Å². The lowest BCUT2D eigenvalue weighted by Gasteiger charge is -2.35. The first kappa shape index (κ1) is 105. The van der Waals surface area contributed by atoms with Crippen molar-refractivity contribution >= 4 is 118 Å². The zero-order chi connectivity index (χ0) is 91.9. The first-order valence-electron chi connectivity index (χ1n) is 39.4. The van der Waals surface area contributed by atoms with Gasteiger partial charge in [0.25, 0.3) is 0 Å². The fraction of sp³-hybridized carbons (Fsp3) is 0.740. The van der Waals surface area contributed by atoms with Crippen molar-refractivity contribution in [1.29, 1.82) is 0 Å². The van der Waals surface area contributed by atoms with Crippen molar-refractivity contribution in [1.82, 2.24) is 95.3 Å². The molecule has 1 heterocycles. The molecule has 9 atom stereocenters. The zero-order valence-corrected chi connectivity index (χ0v) is 73.4. The van der Waals surface area contributed by atoms with E-state index in [1.54, 1.807) is 41.5 Å². The third kappa shape index (κ3) is 33.8. The van der Waals surface area contributed by atoms with Gasteiger partial charge in [-0.2, -0.15) is 0 Å². The Morgan fingerprint density at radius 2 is 0.712 bits per heavy atom. The number of rotatable bonds is 46. The van der Waals surface area contributed by atoms with Gasteiger partial charge in [0.1, 0.15) is 92.6 Å². The zero-order valence-electron chi connectivity index (χ0n) is 73.4.